The summed E-state index contributed by atoms with van der Waals surface area (Å²) in [6.45, 7) is 4.94. The van der Waals surface area contributed by atoms with Crippen LogP contribution < -0.4 is 14.8 Å². The van der Waals surface area contributed by atoms with Gasteiger partial charge in [-0.25, -0.2) is 9.97 Å². The van der Waals surface area contributed by atoms with E-state index in [0.29, 0.717) is 34.9 Å². The van der Waals surface area contributed by atoms with Gasteiger partial charge in [0.25, 0.3) is 0 Å². The lowest BCUT2D eigenvalue weighted by molar-refractivity contribution is 0.355. The largest absolute Gasteiger partial charge is 0.493 e. The fourth-order valence-corrected chi connectivity index (χ4v) is 4.80. The summed E-state index contributed by atoms with van der Waals surface area (Å²) in [5.74, 6) is 2.29. The lowest BCUT2D eigenvalue weighted by atomic mass is 9.90. The summed E-state index contributed by atoms with van der Waals surface area (Å²) in [5.41, 5.74) is 7.87. The monoisotopic (exact) mass is 512 g/mol. The Morgan fingerprint density at radius 3 is 2.51 bits per heavy atom. The van der Waals surface area contributed by atoms with Crippen molar-refractivity contribution >= 4 is 28.9 Å². The van der Waals surface area contributed by atoms with E-state index in [1.807, 2.05) is 42.6 Å². The molecule has 0 spiro atoms. The molecule has 1 aliphatic heterocycles. The number of fused-ring (bicyclic) bond motifs is 3. The Kier molecular flexibility index (Phi) is 7.10. The van der Waals surface area contributed by atoms with Crippen LogP contribution in [-0.2, 0) is 13.0 Å². The van der Waals surface area contributed by atoms with Crippen molar-refractivity contribution in [2.45, 2.75) is 26.8 Å². The highest BCUT2D eigenvalue weighted by Gasteiger charge is 2.23. The summed E-state index contributed by atoms with van der Waals surface area (Å²) < 4.78 is 10.8. The molecule has 6 nitrogen and oxygen atoms in total. The Labute approximate surface area is 222 Å². The number of hydrogen-bond acceptors (Lipinski definition) is 6. The van der Waals surface area contributed by atoms with E-state index in [9.17, 15) is 0 Å². The predicted molar refractivity (Wildman–Crippen MR) is 150 cm³/mol. The molecule has 37 heavy (non-hydrogen) atoms. The van der Waals surface area contributed by atoms with Crippen molar-refractivity contribution in [3.05, 3.63) is 94.1 Å². The number of aliphatic imine (C=N–C) groups is 1. The highest BCUT2D eigenvalue weighted by atomic mass is 35.5. The molecular weight excluding hydrogens is 484 g/mol. The van der Waals surface area contributed by atoms with Gasteiger partial charge < -0.3 is 14.8 Å². The maximum absolute atomic E-state index is 6.50. The third-order valence-electron chi connectivity index (χ3n) is 6.30. The van der Waals surface area contributed by atoms with Crippen LogP contribution in [-0.4, -0.2) is 29.9 Å². The van der Waals surface area contributed by atoms with E-state index >= 15 is 0 Å². The van der Waals surface area contributed by atoms with Crippen LogP contribution in [0, 0.1) is 5.92 Å². The molecule has 0 bridgehead atoms. The highest BCUT2D eigenvalue weighted by Crippen LogP contribution is 2.35. The number of aromatic nitrogens is 2. The zero-order valence-electron chi connectivity index (χ0n) is 21.4. The highest BCUT2D eigenvalue weighted by molar-refractivity contribution is 6.31. The van der Waals surface area contributed by atoms with Crippen molar-refractivity contribution in [3.8, 4) is 22.8 Å². The molecule has 0 saturated carbocycles. The van der Waals surface area contributed by atoms with E-state index in [-0.39, 0.29) is 0 Å². The van der Waals surface area contributed by atoms with E-state index in [0.717, 1.165) is 45.8 Å². The number of nitrogens with one attached hydrogen (secondary N) is 1. The molecule has 0 radical (unpaired) electrons. The first-order valence-corrected chi connectivity index (χ1v) is 12.6. The van der Waals surface area contributed by atoms with Crippen molar-refractivity contribution < 1.29 is 9.47 Å². The normalized spacial score (nSPS) is 12.3. The average molecular weight is 513 g/mol. The zero-order chi connectivity index (χ0) is 25.9. The third-order valence-corrected chi connectivity index (χ3v) is 6.54. The molecule has 0 unspecified atom stereocenters. The maximum Gasteiger partial charge on any atom is 0.227 e. The number of benzene rings is 3. The van der Waals surface area contributed by atoms with Gasteiger partial charge >= 0.3 is 0 Å². The van der Waals surface area contributed by atoms with Gasteiger partial charge in [-0.1, -0.05) is 55.8 Å². The molecule has 0 amide bonds. The molecular formula is C30H29ClN4O2. The molecule has 0 aliphatic carbocycles. The fraction of sp³-hybridized carbons (Fsp3) is 0.233. The molecule has 2 heterocycles. The van der Waals surface area contributed by atoms with Gasteiger partial charge in [0, 0.05) is 45.2 Å². The van der Waals surface area contributed by atoms with Crippen LogP contribution in [0.4, 0.5) is 11.6 Å². The van der Waals surface area contributed by atoms with Gasteiger partial charge in [0.15, 0.2) is 11.5 Å². The van der Waals surface area contributed by atoms with Gasteiger partial charge in [0.1, 0.15) is 0 Å². The van der Waals surface area contributed by atoms with E-state index in [1.165, 1.54) is 5.56 Å². The third kappa shape index (κ3) is 5.16. The van der Waals surface area contributed by atoms with E-state index in [1.54, 1.807) is 14.2 Å². The Hall–Kier alpha value is -3.90. The van der Waals surface area contributed by atoms with Gasteiger partial charge in [0.05, 0.1) is 32.2 Å². The van der Waals surface area contributed by atoms with E-state index in [4.69, 9.17) is 31.1 Å². The number of methoxy groups -OCH3 is 2. The second-order valence-corrected chi connectivity index (χ2v) is 9.81. The Balaban J connectivity index is 1.57. The van der Waals surface area contributed by atoms with Gasteiger partial charge in [-0.2, -0.15) is 0 Å². The molecule has 1 aromatic heterocycles. The minimum absolute atomic E-state index is 0.476. The van der Waals surface area contributed by atoms with Gasteiger partial charge in [0.2, 0.25) is 5.95 Å². The number of ether oxygens (including phenoxy) is 2. The predicted octanol–water partition coefficient (Wildman–Crippen LogP) is 7.11. The van der Waals surface area contributed by atoms with Gasteiger partial charge in [-0.15, -0.1) is 0 Å². The molecule has 0 saturated heterocycles. The van der Waals surface area contributed by atoms with Crippen molar-refractivity contribution in [1.29, 1.82) is 0 Å². The maximum atomic E-state index is 6.50. The molecule has 188 valence electrons. The second-order valence-electron chi connectivity index (χ2n) is 9.37. The molecule has 5 rings (SSSR count). The number of anilines is 2. The van der Waals surface area contributed by atoms with Crippen LogP contribution >= 0.6 is 11.6 Å². The summed E-state index contributed by atoms with van der Waals surface area (Å²) in [5, 5.41) is 3.96. The summed E-state index contributed by atoms with van der Waals surface area (Å²) in [7, 11) is 3.22. The van der Waals surface area contributed by atoms with Crippen LogP contribution in [0.2, 0.25) is 5.02 Å². The van der Waals surface area contributed by atoms with Crippen molar-refractivity contribution in [2.75, 3.05) is 19.5 Å². The summed E-state index contributed by atoms with van der Waals surface area (Å²) in [6.07, 6.45) is 2.81. The van der Waals surface area contributed by atoms with Crippen LogP contribution in [0.1, 0.15) is 36.1 Å². The number of halogens is 1. The van der Waals surface area contributed by atoms with Crippen LogP contribution in [0.25, 0.3) is 11.3 Å². The standard InChI is InChI=1S/C30H29ClN4O2/c1-18(2)13-19-7-5-6-8-23(19)29-25-14-21(31)9-11-24(25)28-20(16-32-29)17-33-30(35-28)34-22-10-12-26(36-3)27(15-22)37-4/h5-12,14-15,17-18H,13,16H2,1-4H3,(H,33,34,35). The lowest BCUT2D eigenvalue weighted by Gasteiger charge is -2.16. The van der Waals surface area contributed by atoms with Crippen molar-refractivity contribution in [1.82, 2.24) is 9.97 Å². The van der Waals surface area contributed by atoms with Crippen LogP contribution in [0.15, 0.2) is 71.9 Å². The first-order chi connectivity index (χ1) is 18.0. The average Bonchev–Trinajstić information content (AvgIpc) is 3.05. The van der Waals surface area contributed by atoms with Crippen LogP contribution in [0.5, 0.6) is 11.5 Å². The fourth-order valence-electron chi connectivity index (χ4n) is 4.63. The van der Waals surface area contributed by atoms with Gasteiger partial charge in [-0.05, 0) is 42.2 Å². The smallest absolute Gasteiger partial charge is 0.227 e. The molecule has 7 heteroatoms. The first-order valence-electron chi connectivity index (χ1n) is 12.2. The quantitative estimate of drug-likeness (QED) is 0.286. The van der Waals surface area contributed by atoms with E-state index < -0.39 is 0 Å². The van der Waals surface area contributed by atoms with Crippen molar-refractivity contribution in [3.63, 3.8) is 0 Å². The lowest BCUT2D eigenvalue weighted by Crippen LogP contribution is -2.10. The molecule has 1 aliphatic rings. The summed E-state index contributed by atoms with van der Waals surface area (Å²) in [6, 6.07) is 20.0. The minimum Gasteiger partial charge on any atom is -0.493 e. The molecule has 3 aromatic carbocycles. The Morgan fingerprint density at radius 1 is 0.919 bits per heavy atom. The minimum atomic E-state index is 0.476. The zero-order valence-corrected chi connectivity index (χ0v) is 22.1. The summed E-state index contributed by atoms with van der Waals surface area (Å²) >= 11 is 6.50. The Bertz CT molecular complexity index is 1480. The second kappa shape index (κ2) is 10.6. The molecule has 0 atom stereocenters. The number of rotatable bonds is 7. The first kappa shape index (κ1) is 24.8. The number of hydrogen-bond donors (Lipinski definition) is 1. The number of nitrogens with zero attached hydrogens (tertiary/aromatic N) is 3. The molecule has 4 aromatic rings. The van der Waals surface area contributed by atoms with Crippen LogP contribution in [0.3, 0.4) is 0 Å². The SMILES string of the molecule is COc1ccc(Nc2ncc3c(n2)-c2ccc(Cl)cc2C(c2ccccc2CC(C)C)=NC3)cc1OC. The molecule has 1 N–H and O–H groups in total. The Morgan fingerprint density at radius 2 is 1.73 bits per heavy atom. The summed E-state index contributed by atoms with van der Waals surface area (Å²) in [4.78, 5) is 14.6. The van der Waals surface area contributed by atoms with Crippen molar-refractivity contribution in [2.24, 2.45) is 10.9 Å². The van der Waals surface area contributed by atoms with E-state index in [2.05, 4.69) is 48.4 Å². The van der Waals surface area contributed by atoms with Gasteiger partial charge in [-0.3, -0.25) is 4.99 Å². The topological polar surface area (TPSA) is 68.6 Å². The molecule has 0 fully saturated rings.